The number of primary sulfonamides is 1. The van der Waals surface area contributed by atoms with E-state index in [4.69, 9.17) is 26.2 Å². The lowest BCUT2D eigenvalue weighted by atomic mass is 9.99. The first kappa shape index (κ1) is 33.0. The van der Waals surface area contributed by atoms with Crippen LogP contribution in [0.15, 0.2) is 36.5 Å². The number of aromatic nitrogens is 2. The fourth-order valence-corrected chi connectivity index (χ4v) is 6.90. The molecule has 14 heteroatoms. The lowest BCUT2D eigenvalue weighted by Crippen LogP contribution is -2.52. The maximum absolute atomic E-state index is 12.0. The Bertz CT molecular complexity index is 1580. The average Bonchev–Trinajstić information content (AvgIpc) is 3.04. The molecule has 0 radical (unpaired) electrons. The third-order valence-electron chi connectivity index (χ3n) is 8.28. The Kier molecular flexibility index (Phi) is 10.9. The van der Waals surface area contributed by atoms with Crippen LogP contribution in [0.4, 0.5) is 28.8 Å². The molecule has 244 valence electrons. The van der Waals surface area contributed by atoms with Crippen LogP contribution in [0, 0.1) is 0 Å². The van der Waals surface area contributed by atoms with Gasteiger partial charge in [0.1, 0.15) is 16.5 Å². The second-order valence-corrected chi connectivity index (χ2v) is 13.2. The Morgan fingerprint density at radius 3 is 2.49 bits per heavy atom. The van der Waals surface area contributed by atoms with Crippen LogP contribution < -0.4 is 35.5 Å². The van der Waals surface area contributed by atoms with Crippen molar-refractivity contribution in [1.29, 1.82) is 0 Å². The van der Waals surface area contributed by atoms with Crippen LogP contribution in [0.2, 0.25) is 5.02 Å². The van der Waals surface area contributed by atoms with Gasteiger partial charge in [0.2, 0.25) is 16.0 Å². The first-order chi connectivity index (χ1) is 21.7. The molecule has 5 rings (SSSR count). The number of hydrogen-bond donors (Lipinski definition) is 4. The molecule has 3 heterocycles. The summed E-state index contributed by atoms with van der Waals surface area (Å²) >= 11 is 6.48. The molecule has 2 fully saturated rings. The summed E-state index contributed by atoms with van der Waals surface area (Å²) in [7, 11) is -2.19. The van der Waals surface area contributed by atoms with Gasteiger partial charge in [0.05, 0.1) is 31.4 Å². The van der Waals surface area contributed by atoms with E-state index < -0.39 is 15.8 Å². The Balaban J connectivity index is 1.36. The minimum Gasteiger partial charge on any atom is -0.494 e. The summed E-state index contributed by atoms with van der Waals surface area (Å²) in [4.78, 5) is 14.1. The minimum absolute atomic E-state index is 0.254. The van der Waals surface area contributed by atoms with Crippen LogP contribution >= 0.6 is 11.6 Å². The van der Waals surface area contributed by atoms with Crippen molar-refractivity contribution in [3.05, 3.63) is 52.7 Å². The number of sulfonamides is 1. The molecule has 0 aliphatic carbocycles. The SMILES string of the molecule is CCOc1cccc(Nc2nc(Nc3cc(CC)c(N4CCC(N5CCNCC5)CC4)cc3OC)ncc2Cl)c1CS(N)(=O)=O. The normalized spacial score (nSPS) is 16.4. The van der Waals surface area contributed by atoms with Crippen molar-refractivity contribution in [3.8, 4) is 11.5 Å². The molecule has 0 unspecified atom stereocenters. The van der Waals surface area contributed by atoms with Crippen LogP contribution in [0.5, 0.6) is 11.5 Å². The molecule has 0 amide bonds. The van der Waals surface area contributed by atoms with Gasteiger partial charge in [-0.05, 0) is 49.9 Å². The zero-order valence-electron chi connectivity index (χ0n) is 26.1. The molecule has 2 saturated heterocycles. The standard InChI is InChI=1S/C31H43ClN8O4S/c1-4-21-17-26(29(43-3)18-27(21)40-13-9-22(10-14-40)39-15-11-34-12-16-39)37-31-35-19-24(32)30(38-31)36-25-7-6-8-28(44-5-2)23(25)20-45(33,41)42/h6-8,17-19,22,34H,4-5,9-16,20H2,1-3H3,(H2,33,41,42)(H2,35,36,37,38). The number of anilines is 5. The monoisotopic (exact) mass is 658 g/mol. The number of aryl methyl sites for hydroxylation is 1. The van der Waals surface area contributed by atoms with E-state index in [9.17, 15) is 8.42 Å². The lowest BCUT2D eigenvalue weighted by Gasteiger charge is -2.41. The zero-order chi connectivity index (χ0) is 32.0. The molecule has 45 heavy (non-hydrogen) atoms. The van der Waals surface area contributed by atoms with Crippen LogP contribution in [-0.4, -0.2) is 82.3 Å². The molecule has 0 bridgehead atoms. The molecular formula is C31H43ClN8O4S. The first-order valence-electron chi connectivity index (χ1n) is 15.4. The van der Waals surface area contributed by atoms with Gasteiger partial charge in [-0.25, -0.2) is 18.5 Å². The van der Waals surface area contributed by atoms with E-state index in [0.29, 0.717) is 41.3 Å². The number of piperazine rings is 1. The van der Waals surface area contributed by atoms with Crippen molar-refractivity contribution in [3.63, 3.8) is 0 Å². The molecule has 2 aromatic carbocycles. The number of nitrogens with one attached hydrogen (secondary N) is 3. The Labute approximate surface area is 270 Å². The fraction of sp³-hybridized carbons (Fsp3) is 0.484. The number of methoxy groups -OCH3 is 1. The second-order valence-electron chi connectivity index (χ2n) is 11.2. The van der Waals surface area contributed by atoms with Gasteiger partial charge in [-0.3, -0.25) is 4.90 Å². The van der Waals surface area contributed by atoms with Crippen LogP contribution in [-0.2, 0) is 22.2 Å². The van der Waals surface area contributed by atoms with Gasteiger partial charge in [-0.15, -0.1) is 0 Å². The topological polar surface area (TPSA) is 147 Å². The van der Waals surface area contributed by atoms with Crippen molar-refractivity contribution in [1.82, 2.24) is 20.2 Å². The molecule has 2 aliphatic heterocycles. The van der Waals surface area contributed by atoms with Gasteiger partial charge >= 0.3 is 0 Å². The molecule has 1 aromatic heterocycles. The van der Waals surface area contributed by atoms with Crippen molar-refractivity contribution >= 4 is 50.5 Å². The summed E-state index contributed by atoms with van der Waals surface area (Å²) < 4.78 is 35.5. The van der Waals surface area contributed by atoms with E-state index in [-0.39, 0.29) is 10.8 Å². The van der Waals surface area contributed by atoms with E-state index in [1.165, 1.54) is 17.4 Å². The number of rotatable bonds is 12. The second kappa shape index (κ2) is 14.8. The maximum Gasteiger partial charge on any atom is 0.229 e. The van der Waals surface area contributed by atoms with Crippen LogP contribution in [0.3, 0.4) is 0 Å². The smallest absolute Gasteiger partial charge is 0.229 e. The molecule has 2 aliphatic rings. The summed E-state index contributed by atoms with van der Waals surface area (Å²) in [6.07, 6.45) is 4.62. The number of halogens is 1. The van der Waals surface area contributed by atoms with E-state index in [1.807, 2.05) is 6.92 Å². The van der Waals surface area contributed by atoms with Gasteiger partial charge in [0, 0.05) is 68.3 Å². The third-order valence-corrected chi connectivity index (χ3v) is 9.24. The van der Waals surface area contributed by atoms with Crippen molar-refractivity contribution in [2.75, 3.05) is 68.5 Å². The Morgan fingerprint density at radius 1 is 1.07 bits per heavy atom. The van der Waals surface area contributed by atoms with Crippen molar-refractivity contribution in [2.24, 2.45) is 5.14 Å². The van der Waals surface area contributed by atoms with E-state index in [0.717, 1.165) is 64.2 Å². The Morgan fingerprint density at radius 2 is 1.82 bits per heavy atom. The predicted molar refractivity (Wildman–Crippen MR) is 180 cm³/mol. The van der Waals surface area contributed by atoms with E-state index >= 15 is 0 Å². The molecule has 5 N–H and O–H groups in total. The van der Waals surface area contributed by atoms with Gasteiger partial charge in [-0.2, -0.15) is 4.98 Å². The summed E-state index contributed by atoms with van der Waals surface area (Å²) in [6.45, 7) is 10.7. The number of piperidine rings is 1. The molecule has 0 spiro atoms. The highest BCUT2D eigenvalue weighted by molar-refractivity contribution is 7.88. The van der Waals surface area contributed by atoms with E-state index in [2.05, 4.69) is 54.8 Å². The Hall–Kier alpha value is -3.36. The number of hydrogen-bond acceptors (Lipinski definition) is 11. The lowest BCUT2D eigenvalue weighted by molar-refractivity contribution is 0.150. The van der Waals surface area contributed by atoms with Crippen LogP contribution in [0.25, 0.3) is 0 Å². The van der Waals surface area contributed by atoms with Gasteiger partial charge in [0.25, 0.3) is 0 Å². The van der Waals surface area contributed by atoms with Crippen LogP contribution in [0.1, 0.15) is 37.8 Å². The molecule has 0 saturated carbocycles. The summed E-state index contributed by atoms with van der Waals surface area (Å²) in [6, 6.07) is 9.99. The van der Waals surface area contributed by atoms with Crippen molar-refractivity contribution < 1.29 is 17.9 Å². The van der Waals surface area contributed by atoms with Gasteiger partial charge < -0.3 is 30.3 Å². The zero-order valence-corrected chi connectivity index (χ0v) is 27.7. The van der Waals surface area contributed by atoms with E-state index in [1.54, 1.807) is 25.3 Å². The average molecular weight is 659 g/mol. The first-order valence-corrected chi connectivity index (χ1v) is 17.5. The molecule has 0 atom stereocenters. The summed E-state index contributed by atoms with van der Waals surface area (Å²) in [5.74, 6) is 1.25. The summed E-state index contributed by atoms with van der Waals surface area (Å²) in [5.41, 5.74) is 3.96. The summed E-state index contributed by atoms with van der Waals surface area (Å²) in [5, 5.41) is 15.5. The number of ether oxygens (including phenoxy) is 2. The number of nitrogens with two attached hydrogens (primary N) is 1. The number of nitrogens with zero attached hydrogens (tertiary/aromatic N) is 4. The predicted octanol–water partition coefficient (Wildman–Crippen LogP) is 4.25. The van der Waals surface area contributed by atoms with Gasteiger partial charge in [0.15, 0.2) is 5.82 Å². The molecule has 3 aromatic rings. The number of benzene rings is 2. The largest absolute Gasteiger partial charge is 0.494 e. The fourth-order valence-electron chi connectivity index (χ4n) is 6.06. The molecule has 12 nitrogen and oxygen atoms in total. The molecular weight excluding hydrogens is 616 g/mol. The quantitative estimate of drug-likeness (QED) is 0.221. The minimum atomic E-state index is -3.85. The highest BCUT2D eigenvalue weighted by Crippen LogP contribution is 2.38. The third kappa shape index (κ3) is 8.27. The highest BCUT2D eigenvalue weighted by atomic mass is 35.5. The van der Waals surface area contributed by atoms with Gasteiger partial charge in [-0.1, -0.05) is 24.6 Å². The maximum atomic E-state index is 12.0. The highest BCUT2D eigenvalue weighted by Gasteiger charge is 2.27. The van der Waals surface area contributed by atoms with Crippen molar-refractivity contribution in [2.45, 2.75) is 44.9 Å².